The number of fused-ring (bicyclic) bond motifs is 6. The van der Waals surface area contributed by atoms with Gasteiger partial charge in [-0.05, 0) is 75.8 Å². The number of benzene rings is 4. The van der Waals surface area contributed by atoms with Gasteiger partial charge in [0.15, 0.2) is 0 Å². The summed E-state index contributed by atoms with van der Waals surface area (Å²) in [6, 6.07) is 25.0. The zero-order valence-corrected chi connectivity index (χ0v) is 16.4. The highest BCUT2D eigenvalue weighted by molar-refractivity contribution is 6.05. The van der Waals surface area contributed by atoms with Crippen molar-refractivity contribution in [2.75, 3.05) is 0 Å². The van der Waals surface area contributed by atoms with Crippen molar-refractivity contribution in [2.45, 2.75) is 6.42 Å². The van der Waals surface area contributed by atoms with Crippen molar-refractivity contribution in [2.24, 2.45) is 0 Å². The summed E-state index contributed by atoms with van der Waals surface area (Å²) in [6.07, 6.45) is 0.569. The van der Waals surface area contributed by atoms with Gasteiger partial charge >= 0.3 is 0 Å². The van der Waals surface area contributed by atoms with E-state index in [-0.39, 0.29) is 16.9 Å². The molecule has 0 N–H and O–H groups in total. The molecule has 0 bridgehead atoms. The fourth-order valence-corrected chi connectivity index (χ4v) is 4.68. The lowest BCUT2D eigenvalue weighted by atomic mass is 10.1. The maximum atomic E-state index is 13.7. The summed E-state index contributed by atoms with van der Waals surface area (Å²) in [4.78, 5) is 27.1. The highest BCUT2D eigenvalue weighted by atomic mass is 19.1. The Morgan fingerprint density at radius 3 is 1.74 bits per heavy atom. The molecule has 1 heterocycles. The van der Waals surface area contributed by atoms with Crippen LogP contribution in [0, 0.1) is 5.82 Å². The van der Waals surface area contributed by atoms with Gasteiger partial charge in [0.2, 0.25) is 0 Å². The van der Waals surface area contributed by atoms with E-state index in [1.165, 1.54) is 10.6 Å². The van der Waals surface area contributed by atoms with E-state index in [9.17, 15) is 14.0 Å². The molecular formula is C27H16FNO2. The molecule has 4 aromatic carbocycles. The van der Waals surface area contributed by atoms with Gasteiger partial charge in [-0.1, -0.05) is 48.5 Å². The number of hydrogen-bond acceptors (Lipinski definition) is 2. The van der Waals surface area contributed by atoms with Crippen molar-refractivity contribution in [3.63, 3.8) is 0 Å². The maximum Gasteiger partial charge on any atom is 0.265 e. The normalized spacial score (nSPS) is 12.2. The zero-order chi connectivity index (χ0) is 21.1. The van der Waals surface area contributed by atoms with E-state index in [1.54, 1.807) is 42.5 Å². The van der Waals surface area contributed by atoms with Gasteiger partial charge in [0.25, 0.3) is 11.1 Å². The van der Waals surface area contributed by atoms with Crippen LogP contribution in [0.15, 0.2) is 94.5 Å². The number of halogens is 1. The van der Waals surface area contributed by atoms with Crippen LogP contribution in [0.25, 0.3) is 38.4 Å². The molecular weight excluding hydrogens is 389 g/mol. The molecule has 1 aliphatic carbocycles. The molecule has 1 aliphatic rings. The first-order valence-corrected chi connectivity index (χ1v) is 10.1. The van der Waals surface area contributed by atoms with Crippen LogP contribution in [0.3, 0.4) is 0 Å². The Labute approximate surface area is 176 Å². The van der Waals surface area contributed by atoms with Crippen molar-refractivity contribution >= 4 is 21.5 Å². The maximum absolute atomic E-state index is 13.7. The summed E-state index contributed by atoms with van der Waals surface area (Å²) in [6.45, 7) is 0. The smallest absolute Gasteiger partial charge is 0.265 e. The van der Waals surface area contributed by atoms with Crippen molar-refractivity contribution in [3.8, 4) is 16.8 Å². The summed E-state index contributed by atoms with van der Waals surface area (Å²) in [5.74, 6) is -0.266. The molecule has 148 valence electrons. The Morgan fingerprint density at radius 1 is 0.613 bits per heavy atom. The fraction of sp³-hybridized carbons (Fsp3) is 0.0370. The zero-order valence-electron chi connectivity index (χ0n) is 16.4. The minimum absolute atomic E-state index is 0.266. The van der Waals surface area contributed by atoms with Crippen LogP contribution in [-0.2, 0) is 6.42 Å². The fourth-order valence-electron chi connectivity index (χ4n) is 4.68. The van der Waals surface area contributed by atoms with Crippen LogP contribution in [0.4, 0.5) is 4.39 Å². The lowest BCUT2D eigenvalue weighted by Crippen LogP contribution is -2.28. The van der Waals surface area contributed by atoms with Gasteiger partial charge in [-0.2, -0.15) is 0 Å². The van der Waals surface area contributed by atoms with Crippen molar-refractivity contribution in [1.29, 1.82) is 0 Å². The molecule has 0 aliphatic heterocycles. The topological polar surface area (TPSA) is 39.1 Å². The molecule has 0 saturated carbocycles. The third kappa shape index (κ3) is 2.58. The molecule has 0 fully saturated rings. The minimum atomic E-state index is -0.349. The molecule has 0 atom stereocenters. The standard InChI is InChI=1S/C27H16FNO2/c28-18-9-11-20-16(14-18)13-17-15-19(10-12-21(17)20)29-26(30)24-7-3-1-5-22(24)23-6-2-4-8-25(23)27(29)31/h1-12,14-15H,13H2. The Kier molecular flexibility index (Phi) is 3.71. The molecule has 0 unspecified atom stereocenters. The predicted octanol–water partition coefficient (Wildman–Crippen LogP) is 5.21. The van der Waals surface area contributed by atoms with E-state index in [2.05, 4.69) is 0 Å². The Morgan fingerprint density at radius 2 is 1.13 bits per heavy atom. The molecule has 31 heavy (non-hydrogen) atoms. The lowest BCUT2D eigenvalue weighted by molar-refractivity contribution is 0.626. The van der Waals surface area contributed by atoms with E-state index < -0.39 is 0 Å². The lowest BCUT2D eigenvalue weighted by Gasteiger charge is -2.07. The Hall–Kier alpha value is -4.05. The van der Waals surface area contributed by atoms with Gasteiger partial charge in [-0.25, -0.2) is 8.96 Å². The quantitative estimate of drug-likeness (QED) is 0.377. The predicted molar refractivity (Wildman–Crippen MR) is 122 cm³/mol. The van der Waals surface area contributed by atoms with E-state index in [0.29, 0.717) is 22.9 Å². The van der Waals surface area contributed by atoms with Crippen LogP contribution in [0.2, 0.25) is 0 Å². The van der Waals surface area contributed by atoms with Gasteiger partial charge in [0.1, 0.15) is 5.82 Å². The third-order valence-corrected chi connectivity index (χ3v) is 6.10. The van der Waals surface area contributed by atoms with Crippen LogP contribution in [0.1, 0.15) is 11.1 Å². The van der Waals surface area contributed by atoms with Crippen LogP contribution < -0.4 is 11.1 Å². The molecule has 1 aromatic heterocycles. The van der Waals surface area contributed by atoms with Crippen LogP contribution in [0.5, 0.6) is 0 Å². The first-order chi connectivity index (χ1) is 15.1. The second-order valence-corrected chi connectivity index (χ2v) is 7.86. The summed E-state index contributed by atoms with van der Waals surface area (Å²) < 4.78 is 14.9. The summed E-state index contributed by atoms with van der Waals surface area (Å²) in [7, 11) is 0. The molecule has 0 spiro atoms. The molecule has 0 amide bonds. The van der Waals surface area contributed by atoms with Crippen molar-refractivity contribution < 1.29 is 4.39 Å². The average molecular weight is 405 g/mol. The molecule has 6 rings (SSSR count). The highest BCUT2D eigenvalue weighted by Crippen LogP contribution is 2.37. The molecule has 4 heteroatoms. The number of aromatic nitrogens is 1. The number of hydrogen-bond donors (Lipinski definition) is 0. The van der Waals surface area contributed by atoms with Crippen LogP contribution in [-0.4, -0.2) is 4.57 Å². The van der Waals surface area contributed by atoms with E-state index in [1.807, 2.05) is 36.4 Å². The first-order valence-electron chi connectivity index (χ1n) is 10.1. The highest BCUT2D eigenvalue weighted by Gasteiger charge is 2.20. The van der Waals surface area contributed by atoms with E-state index in [0.717, 1.165) is 33.0 Å². The third-order valence-electron chi connectivity index (χ3n) is 6.10. The van der Waals surface area contributed by atoms with Gasteiger partial charge in [0.05, 0.1) is 5.69 Å². The van der Waals surface area contributed by atoms with Gasteiger partial charge in [0, 0.05) is 10.8 Å². The van der Waals surface area contributed by atoms with E-state index in [4.69, 9.17) is 0 Å². The van der Waals surface area contributed by atoms with Crippen LogP contribution >= 0.6 is 0 Å². The van der Waals surface area contributed by atoms with Crippen molar-refractivity contribution in [3.05, 3.63) is 123 Å². The Bertz CT molecular complexity index is 1590. The van der Waals surface area contributed by atoms with Gasteiger partial charge < -0.3 is 0 Å². The van der Waals surface area contributed by atoms with E-state index >= 15 is 0 Å². The van der Waals surface area contributed by atoms with Gasteiger partial charge in [-0.3, -0.25) is 9.59 Å². The second-order valence-electron chi connectivity index (χ2n) is 7.86. The van der Waals surface area contributed by atoms with Crippen molar-refractivity contribution in [1.82, 2.24) is 4.57 Å². The first kappa shape index (κ1) is 17.8. The monoisotopic (exact) mass is 405 g/mol. The summed E-state index contributed by atoms with van der Waals surface area (Å²) in [5.41, 5.74) is 3.72. The molecule has 3 nitrogen and oxygen atoms in total. The summed E-state index contributed by atoms with van der Waals surface area (Å²) in [5, 5.41) is 2.49. The summed E-state index contributed by atoms with van der Waals surface area (Å²) >= 11 is 0. The molecule has 5 aromatic rings. The average Bonchev–Trinajstić information content (AvgIpc) is 3.11. The Balaban J connectivity index is 1.68. The second kappa shape index (κ2) is 6.47. The number of nitrogens with zero attached hydrogens (tertiary/aromatic N) is 1. The SMILES string of the molecule is O=c1c2ccccc2c2ccccc2c(=O)n1-c1ccc2c(c1)Cc1cc(F)ccc1-2. The minimum Gasteiger partial charge on any atom is -0.268 e. The molecule has 0 radical (unpaired) electrons. The largest absolute Gasteiger partial charge is 0.268 e. The van der Waals surface area contributed by atoms with Gasteiger partial charge in [-0.15, -0.1) is 0 Å². The number of rotatable bonds is 1. The molecule has 0 saturated heterocycles.